The maximum atomic E-state index is 5.85. The van der Waals surface area contributed by atoms with E-state index in [2.05, 4.69) is 28.4 Å². The third-order valence-corrected chi connectivity index (χ3v) is 3.05. The van der Waals surface area contributed by atoms with E-state index in [1.54, 1.807) is 6.07 Å². The Bertz CT molecular complexity index is 620. The van der Waals surface area contributed by atoms with Crippen LogP contribution in [0.3, 0.4) is 0 Å². The average Bonchev–Trinajstić information content (AvgIpc) is 2.46. The van der Waals surface area contributed by atoms with Crippen LogP contribution in [0.2, 0.25) is 0 Å². The molecule has 0 aliphatic carbocycles. The summed E-state index contributed by atoms with van der Waals surface area (Å²) in [6.45, 7) is 8.25. The predicted molar refractivity (Wildman–Crippen MR) is 84.4 cm³/mol. The fourth-order valence-corrected chi connectivity index (χ4v) is 1.84. The molecule has 0 atom stereocenters. The minimum absolute atomic E-state index is 0.184. The summed E-state index contributed by atoms with van der Waals surface area (Å²) < 4.78 is 5.85. The van der Waals surface area contributed by atoms with Gasteiger partial charge in [0.15, 0.2) is 0 Å². The standard InChI is InChI=1S/C16H22N4O/c1-5-11-7-6-8-12(9-11)21-14-10-13(20-17)18-15(19-14)16(2,3)4/h6-10H,5,17H2,1-4H3,(H,18,19,20). The van der Waals surface area contributed by atoms with Crippen molar-refractivity contribution in [2.24, 2.45) is 5.84 Å². The monoisotopic (exact) mass is 286 g/mol. The number of ether oxygens (including phenoxy) is 1. The van der Waals surface area contributed by atoms with Crippen LogP contribution in [0.4, 0.5) is 5.82 Å². The van der Waals surface area contributed by atoms with Crippen LogP contribution in [0.25, 0.3) is 0 Å². The van der Waals surface area contributed by atoms with Gasteiger partial charge in [-0.3, -0.25) is 0 Å². The third-order valence-electron chi connectivity index (χ3n) is 3.05. The predicted octanol–water partition coefficient (Wildman–Crippen LogP) is 3.41. The molecule has 0 radical (unpaired) electrons. The van der Waals surface area contributed by atoms with Crippen LogP contribution in [-0.2, 0) is 11.8 Å². The van der Waals surface area contributed by atoms with Gasteiger partial charge in [-0.05, 0) is 24.1 Å². The average molecular weight is 286 g/mol. The van der Waals surface area contributed by atoms with Gasteiger partial charge < -0.3 is 10.2 Å². The van der Waals surface area contributed by atoms with Crippen LogP contribution >= 0.6 is 0 Å². The van der Waals surface area contributed by atoms with Crippen molar-refractivity contribution >= 4 is 5.82 Å². The molecule has 5 heteroatoms. The fraction of sp³-hybridized carbons (Fsp3) is 0.375. The number of nitrogens with zero attached hydrogens (tertiary/aromatic N) is 2. The highest BCUT2D eigenvalue weighted by atomic mass is 16.5. The van der Waals surface area contributed by atoms with E-state index in [9.17, 15) is 0 Å². The second kappa shape index (κ2) is 6.10. The van der Waals surface area contributed by atoms with E-state index >= 15 is 0 Å². The number of benzene rings is 1. The molecule has 0 aliphatic rings. The SMILES string of the molecule is CCc1cccc(Oc2cc(NN)nc(C(C)(C)C)n2)c1. The zero-order valence-corrected chi connectivity index (χ0v) is 13.0. The normalized spacial score (nSPS) is 11.3. The number of rotatable bonds is 4. The summed E-state index contributed by atoms with van der Waals surface area (Å²) in [5.74, 6) is 7.94. The first kappa shape index (κ1) is 15.3. The van der Waals surface area contributed by atoms with Gasteiger partial charge in [0.1, 0.15) is 17.4 Å². The molecule has 1 heterocycles. The molecule has 1 aromatic carbocycles. The first-order valence-electron chi connectivity index (χ1n) is 7.05. The lowest BCUT2D eigenvalue weighted by atomic mass is 9.96. The summed E-state index contributed by atoms with van der Waals surface area (Å²) in [6, 6.07) is 9.65. The Labute approximate surface area is 125 Å². The zero-order valence-electron chi connectivity index (χ0n) is 13.0. The largest absolute Gasteiger partial charge is 0.439 e. The van der Waals surface area contributed by atoms with Crippen molar-refractivity contribution < 1.29 is 4.74 Å². The highest BCUT2D eigenvalue weighted by Crippen LogP contribution is 2.26. The van der Waals surface area contributed by atoms with E-state index in [0.29, 0.717) is 17.5 Å². The number of aryl methyl sites for hydroxylation is 1. The van der Waals surface area contributed by atoms with Crippen LogP contribution in [0, 0.1) is 0 Å². The summed E-state index contributed by atoms with van der Waals surface area (Å²) in [7, 11) is 0. The number of anilines is 1. The summed E-state index contributed by atoms with van der Waals surface area (Å²) in [4.78, 5) is 8.85. The number of aromatic nitrogens is 2. The smallest absolute Gasteiger partial charge is 0.224 e. The molecule has 0 saturated carbocycles. The van der Waals surface area contributed by atoms with Gasteiger partial charge in [0, 0.05) is 11.5 Å². The molecular weight excluding hydrogens is 264 g/mol. The lowest BCUT2D eigenvalue weighted by molar-refractivity contribution is 0.446. The highest BCUT2D eigenvalue weighted by Gasteiger charge is 2.19. The molecule has 21 heavy (non-hydrogen) atoms. The molecule has 0 spiro atoms. The maximum absolute atomic E-state index is 5.85. The molecule has 0 amide bonds. The van der Waals surface area contributed by atoms with Gasteiger partial charge in [0.25, 0.3) is 0 Å². The number of nitrogens with two attached hydrogens (primary N) is 1. The number of hydrogen-bond acceptors (Lipinski definition) is 5. The quantitative estimate of drug-likeness (QED) is 0.665. The number of nitrogens with one attached hydrogen (secondary N) is 1. The minimum Gasteiger partial charge on any atom is -0.439 e. The van der Waals surface area contributed by atoms with Gasteiger partial charge in [-0.15, -0.1) is 0 Å². The summed E-state index contributed by atoms with van der Waals surface area (Å²) in [6.07, 6.45) is 0.962. The minimum atomic E-state index is -0.184. The van der Waals surface area contributed by atoms with Crippen LogP contribution < -0.4 is 16.0 Å². The van der Waals surface area contributed by atoms with Crippen molar-refractivity contribution in [2.75, 3.05) is 5.43 Å². The molecule has 2 rings (SSSR count). The van der Waals surface area contributed by atoms with Crippen molar-refractivity contribution in [1.29, 1.82) is 0 Å². The van der Waals surface area contributed by atoms with Gasteiger partial charge in [-0.25, -0.2) is 10.8 Å². The number of hydrazine groups is 1. The highest BCUT2D eigenvalue weighted by molar-refractivity contribution is 5.40. The summed E-state index contributed by atoms with van der Waals surface area (Å²) in [5.41, 5.74) is 3.59. The summed E-state index contributed by atoms with van der Waals surface area (Å²) >= 11 is 0. The van der Waals surface area contributed by atoms with Crippen molar-refractivity contribution in [3.05, 3.63) is 41.7 Å². The van der Waals surface area contributed by atoms with Gasteiger partial charge in [-0.1, -0.05) is 39.8 Å². The molecule has 1 aromatic heterocycles. The Morgan fingerprint density at radius 3 is 2.57 bits per heavy atom. The van der Waals surface area contributed by atoms with Gasteiger partial charge in [-0.2, -0.15) is 4.98 Å². The van der Waals surface area contributed by atoms with Crippen molar-refractivity contribution in [2.45, 2.75) is 39.5 Å². The first-order valence-corrected chi connectivity index (χ1v) is 7.05. The zero-order chi connectivity index (χ0) is 15.5. The summed E-state index contributed by atoms with van der Waals surface area (Å²) in [5, 5.41) is 0. The van der Waals surface area contributed by atoms with E-state index in [4.69, 9.17) is 10.6 Å². The lowest BCUT2D eigenvalue weighted by Gasteiger charge is -2.18. The van der Waals surface area contributed by atoms with Crippen LogP contribution in [0.15, 0.2) is 30.3 Å². The Morgan fingerprint density at radius 1 is 1.19 bits per heavy atom. The van der Waals surface area contributed by atoms with E-state index in [-0.39, 0.29) is 5.41 Å². The lowest BCUT2D eigenvalue weighted by Crippen LogP contribution is -2.19. The molecule has 112 valence electrons. The van der Waals surface area contributed by atoms with E-state index in [1.165, 1.54) is 5.56 Å². The molecule has 0 aliphatic heterocycles. The molecule has 0 saturated heterocycles. The fourth-order valence-electron chi connectivity index (χ4n) is 1.84. The van der Waals surface area contributed by atoms with Gasteiger partial charge in [0.05, 0.1) is 0 Å². The Kier molecular flexibility index (Phi) is 4.43. The van der Waals surface area contributed by atoms with E-state index in [1.807, 2.05) is 39.0 Å². The van der Waals surface area contributed by atoms with E-state index < -0.39 is 0 Å². The Hall–Kier alpha value is -2.14. The van der Waals surface area contributed by atoms with Crippen molar-refractivity contribution in [3.63, 3.8) is 0 Å². The second-order valence-corrected chi connectivity index (χ2v) is 5.91. The van der Waals surface area contributed by atoms with Crippen molar-refractivity contribution in [3.8, 4) is 11.6 Å². The maximum Gasteiger partial charge on any atom is 0.224 e. The van der Waals surface area contributed by atoms with Crippen LogP contribution in [-0.4, -0.2) is 9.97 Å². The first-order chi connectivity index (χ1) is 9.92. The van der Waals surface area contributed by atoms with Crippen LogP contribution in [0.5, 0.6) is 11.6 Å². The van der Waals surface area contributed by atoms with Gasteiger partial charge in [0.2, 0.25) is 5.88 Å². The Balaban J connectivity index is 2.34. The molecular formula is C16H22N4O. The number of hydrogen-bond donors (Lipinski definition) is 2. The molecule has 3 N–H and O–H groups in total. The van der Waals surface area contributed by atoms with Crippen molar-refractivity contribution in [1.82, 2.24) is 9.97 Å². The third kappa shape index (κ3) is 3.92. The number of nitrogen functional groups attached to an aromatic ring is 1. The van der Waals surface area contributed by atoms with Crippen LogP contribution in [0.1, 0.15) is 39.1 Å². The molecule has 5 nitrogen and oxygen atoms in total. The Morgan fingerprint density at radius 2 is 1.95 bits per heavy atom. The molecule has 0 unspecified atom stereocenters. The molecule has 0 fully saturated rings. The molecule has 2 aromatic rings. The van der Waals surface area contributed by atoms with Gasteiger partial charge >= 0.3 is 0 Å². The topological polar surface area (TPSA) is 73.1 Å². The second-order valence-electron chi connectivity index (χ2n) is 5.91. The van der Waals surface area contributed by atoms with E-state index in [0.717, 1.165) is 12.2 Å². The molecule has 0 bridgehead atoms.